The maximum Gasteiger partial charge on any atom is 0.329 e. The molecule has 0 spiro atoms. The molecule has 0 fully saturated rings. The van der Waals surface area contributed by atoms with Crippen LogP contribution >= 0.6 is 0 Å². The molecule has 0 unspecified atom stereocenters. The molecule has 0 saturated heterocycles. The molecule has 0 saturated carbocycles. The minimum Gasteiger partial charge on any atom is -0.480 e. The molecule has 5 nitrogen and oxygen atoms in total. The summed E-state index contributed by atoms with van der Waals surface area (Å²) in [6.45, 7) is 9.43. The first-order chi connectivity index (χ1) is 7.79. The lowest BCUT2D eigenvalue weighted by Gasteiger charge is -2.30. The summed E-state index contributed by atoms with van der Waals surface area (Å²) in [7, 11) is 1.61. The van der Waals surface area contributed by atoms with Gasteiger partial charge in [-0.2, -0.15) is 0 Å². The molecule has 0 aromatic heterocycles. The summed E-state index contributed by atoms with van der Waals surface area (Å²) in [5, 5.41) is 11.8. The van der Waals surface area contributed by atoms with Crippen LogP contribution in [0.1, 0.15) is 33.6 Å². The highest BCUT2D eigenvalue weighted by Crippen LogP contribution is 2.15. The van der Waals surface area contributed by atoms with Crippen LogP contribution < -0.4 is 5.32 Å². The van der Waals surface area contributed by atoms with Gasteiger partial charge in [0.05, 0.1) is 0 Å². The van der Waals surface area contributed by atoms with Gasteiger partial charge in [-0.1, -0.05) is 26.0 Å². The van der Waals surface area contributed by atoms with Crippen molar-refractivity contribution in [2.45, 2.75) is 39.2 Å². The number of rotatable bonds is 6. The van der Waals surface area contributed by atoms with E-state index >= 15 is 0 Å². The van der Waals surface area contributed by atoms with Crippen molar-refractivity contribution in [1.29, 1.82) is 0 Å². The maximum absolute atomic E-state index is 11.8. The molecule has 0 aromatic rings. The number of amides is 2. The normalized spacial score (nSPS) is 10.8. The standard InChI is InChI=1S/C12H22N2O3/c1-6-12(7-2,10(15)16)13-11(17)14(5)8-9(3)4/h3,6-8H2,1-2,4-5H3,(H,13,17)(H,15,16). The summed E-state index contributed by atoms with van der Waals surface area (Å²) >= 11 is 0. The van der Waals surface area contributed by atoms with Crippen molar-refractivity contribution in [3.63, 3.8) is 0 Å². The van der Waals surface area contributed by atoms with Gasteiger partial charge in [-0.3, -0.25) is 0 Å². The van der Waals surface area contributed by atoms with Crippen molar-refractivity contribution in [3.05, 3.63) is 12.2 Å². The zero-order valence-electron chi connectivity index (χ0n) is 11.0. The molecule has 0 atom stereocenters. The Hall–Kier alpha value is -1.52. The second-order valence-corrected chi connectivity index (χ2v) is 4.34. The number of nitrogens with one attached hydrogen (secondary N) is 1. The van der Waals surface area contributed by atoms with Gasteiger partial charge in [0.25, 0.3) is 0 Å². The van der Waals surface area contributed by atoms with Crippen LogP contribution in [0.4, 0.5) is 4.79 Å². The van der Waals surface area contributed by atoms with Gasteiger partial charge in [0.1, 0.15) is 5.54 Å². The summed E-state index contributed by atoms with van der Waals surface area (Å²) in [6.07, 6.45) is 0.705. The first kappa shape index (κ1) is 15.5. The molecule has 0 aliphatic heterocycles. The first-order valence-electron chi connectivity index (χ1n) is 5.70. The van der Waals surface area contributed by atoms with Crippen LogP contribution in [0.15, 0.2) is 12.2 Å². The SMILES string of the molecule is C=C(C)CN(C)C(=O)NC(CC)(CC)C(=O)O. The summed E-state index contributed by atoms with van der Waals surface area (Å²) in [6, 6.07) is -0.390. The zero-order valence-corrected chi connectivity index (χ0v) is 11.0. The van der Waals surface area contributed by atoms with E-state index in [2.05, 4.69) is 11.9 Å². The average molecular weight is 242 g/mol. The van der Waals surface area contributed by atoms with Crippen molar-refractivity contribution in [3.8, 4) is 0 Å². The number of hydrogen-bond donors (Lipinski definition) is 2. The number of likely N-dealkylation sites (N-methyl/N-ethyl adjacent to an activating group) is 1. The highest BCUT2D eigenvalue weighted by atomic mass is 16.4. The Kier molecular flexibility index (Phi) is 5.71. The number of carbonyl (C=O) groups excluding carboxylic acids is 1. The van der Waals surface area contributed by atoms with Crippen LogP contribution in [0.5, 0.6) is 0 Å². The van der Waals surface area contributed by atoms with E-state index in [0.29, 0.717) is 19.4 Å². The van der Waals surface area contributed by atoms with Crippen LogP contribution in [0.25, 0.3) is 0 Å². The van der Waals surface area contributed by atoms with Gasteiger partial charge in [-0.15, -0.1) is 0 Å². The summed E-state index contributed by atoms with van der Waals surface area (Å²) in [4.78, 5) is 24.5. The highest BCUT2D eigenvalue weighted by molar-refractivity contribution is 5.86. The third-order valence-corrected chi connectivity index (χ3v) is 2.82. The number of nitrogens with zero attached hydrogens (tertiary/aromatic N) is 1. The van der Waals surface area contributed by atoms with Gasteiger partial charge in [-0.05, 0) is 19.8 Å². The molecular weight excluding hydrogens is 220 g/mol. The van der Waals surface area contributed by atoms with Gasteiger partial charge >= 0.3 is 12.0 Å². The number of aliphatic carboxylic acids is 1. The zero-order chi connectivity index (χ0) is 13.6. The quantitative estimate of drug-likeness (QED) is 0.698. The van der Waals surface area contributed by atoms with E-state index in [9.17, 15) is 14.7 Å². The van der Waals surface area contributed by atoms with Gasteiger partial charge in [0, 0.05) is 13.6 Å². The number of carboxylic acids is 1. The predicted molar refractivity (Wildman–Crippen MR) is 66.9 cm³/mol. The van der Waals surface area contributed by atoms with Crippen LogP contribution in [0.2, 0.25) is 0 Å². The van der Waals surface area contributed by atoms with Crippen molar-refractivity contribution in [1.82, 2.24) is 10.2 Å². The summed E-state index contributed by atoms with van der Waals surface area (Å²) in [5.74, 6) is -1.00. The second-order valence-electron chi connectivity index (χ2n) is 4.34. The van der Waals surface area contributed by atoms with Crippen LogP contribution in [-0.2, 0) is 4.79 Å². The van der Waals surface area contributed by atoms with E-state index in [-0.39, 0.29) is 6.03 Å². The first-order valence-corrected chi connectivity index (χ1v) is 5.70. The predicted octanol–water partition coefficient (Wildman–Crippen LogP) is 1.85. The Bertz CT molecular complexity index is 309. The molecule has 0 radical (unpaired) electrons. The minimum atomic E-state index is -1.18. The van der Waals surface area contributed by atoms with Crippen molar-refractivity contribution in [2.75, 3.05) is 13.6 Å². The molecule has 98 valence electrons. The van der Waals surface area contributed by atoms with E-state index in [1.165, 1.54) is 4.90 Å². The van der Waals surface area contributed by atoms with Gasteiger partial charge in [0.2, 0.25) is 0 Å². The summed E-state index contributed by atoms with van der Waals surface area (Å²) in [5.41, 5.74) is -0.336. The summed E-state index contributed by atoms with van der Waals surface area (Å²) < 4.78 is 0. The Balaban J connectivity index is 4.72. The average Bonchev–Trinajstić information content (AvgIpc) is 2.24. The molecule has 0 aromatic carbocycles. The van der Waals surface area contributed by atoms with Crippen molar-refractivity contribution in [2.24, 2.45) is 0 Å². The molecular formula is C12H22N2O3. The minimum absolute atomic E-state index is 0.353. The van der Waals surface area contributed by atoms with Gasteiger partial charge in [0.15, 0.2) is 0 Å². The third kappa shape index (κ3) is 4.09. The Labute approximate surface area is 102 Å². The lowest BCUT2D eigenvalue weighted by molar-refractivity contribution is -0.144. The van der Waals surface area contributed by atoms with E-state index < -0.39 is 11.5 Å². The fourth-order valence-corrected chi connectivity index (χ4v) is 1.56. The smallest absolute Gasteiger partial charge is 0.329 e. The monoisotopic (exact) mass is 242 g/mol. The van der Waals surface area contributed by atoms with E-state index in [4.69, 9.17) is 0 Å². The molecule has 0 bridgehead atoms. The molecule has 2 N–H and O–H groups in total. The maximum atomic E-state index is 11.8. The second kappa shape index (κ2) is 6.27. The van der Waals surface area contributed by atoms with E-state index in [1.54, 1.807) is 20.9 Å². The number of carbonyl (C=O) groups is 2. The topological polar surface area (TPSA) is 69.6 Å². The molecule has 0 aliphatic carbocycles. The Morgan fingerprint density at radius 3 is 2.12 bits per heavy atom. The van der Waals surface area contributed by atoms with Gasteiger partial charge < -0.3 is 15.3 Å². The Morgan fingerprint density at radius 1 is 1.35 bits per heavy atom. The fraction of sp³-hybridized carbons (Fsp3) is 0.667. The number of carboxylic acid groups (broad SMARTS) is 1. The van der Waals surface area contributed by atoms with Crippen molar-refractivity contribution >= 4 is 12.0 Å². The molecule has 5 heteroatoms. The third-order valence-electron chi connectivity index (χ3n) is 2.82. The largest absolute Gasteiger partial charge is 0.480 e. The highest BCUT2D eigenvalue weighted by Gasteiger charge is 2.37. The lowest BCUT2D eigenvalue weighted by atomic mass is 9.93. The number of urea groups is 1. The number of hydrogen-bond acceptors (Lipinski definition) is 2. The van der Waals surface area contributed by atoms with Gasteiger partial charge in [-0.25, -0.2) is 9.59 Å². The van der Waals surface area contributed by atoms with E-state index in [0.717, 1.165) is 5.57 Å². The van der Waals surface area contributed by atoms with Crippen LogP contribution in [0, 0.1) is 0 Å². The molecule has 0 heterocycles. The van der Waals surface area contributed by atoms with Crippen LogP contribution in [0.3, 0.4) is 0 Å². The molecule has 17 heavy (non-hydrogen) atoms. The van der Waals surface area contributed by atoms with Crippen molar-refractivity contribution < 1.29 is 14.7 Å². The van der Waals surface area contributed by atoms with E-state index in [1.807, 2.05) is 6.92 Å². The fourth-order valence-electron chi connectivity index (χ4n) is 1.56. The lowest BCUT2D eigenvalue weighted by Crippen LogP contribution is -2.56. The molecule has 0 aliphatic rings. The molecule has 0 rings (SSSR count). The van der Waals surface area contributed by atoms with Crippen LogP contribution in [-0.4, -0.2) is 41.1 Å². The Morgan fingerprint density at radius 2 is 1.82 bits per heavy atom. The molecule has 2 amide bonds.